The lowest BCUT2D eigenvalue weighted by atomic mass is 10.2. The zero-order chi connectivity index (χ0) is 14.4. The number of nitrogens with zero attached hydrogens (tertiary/aromatic N) is 1. The zero-order valence-corrected chi connectivity index (χ0v) is 12.6. The molecule has 0 aliphatic carbocycles. The van der Waals surface area contributed by atoms with E-state index in [1.807, 2.05) is 25.3 Å². The van der Waals surface area contributed by atoms with Crippen LogP contribution in [-0.4, -0.2) is 36.5 Å². The fourth-order valence-corrected chi connectivity index (χ4v) is 2.65. The third-order valence-corrected chi connectivity index (χ3v) is 3.83. The average molecular weight is 296 g/mol. The number of furan rings is 1. The van der Waals surface area contributed by atoms with E-state index in [0.717, 1.165) is 34.5 Å². The van der Waals surface area contributed by atoms with E-state index in [4.69, 9.17) is 9.15 Å². The first kappa shape index (κ1) is 15.2. The lowest BCUT2D eigenvalue weighted by Gasteiger charge is -2.09. The van der Waals surface area contributed by atoms with E-state index < -0.39 is 6.10 Å². The number of methoxy groups -OCH3 is 1. The van der Waals surface area contributed by atoms with Gasteiger partial charge in [-0.15, -0.1) is 11.3 Å². The lowest BCUT2D eigenvalue weighted by molar-refractivity contribution is 0.0594. The molecule has 0 bridgehead atoms. The molecule has 2 aromatic rings. The van der Waals surface area contributed by atoms with Crippen molar-refractivity contribution in [1.29, 1.82) is 0 Å². The van der Waals surface area contributed by atoms with E-state index in [1.165, 1.54) is 0 Å². The molecule has 0 saturated heterocycles. The number of aliphatic hydroxyl groups excluding tert-OH is 1. The minimum absolute atomic E-state index is 0.379. The smallest absolute Gasteiger partial charge is 0.162 e. The van der Waals surface area contributed by atoms with Crippen molar-refractivity contribution in [3.8, 4) is 10.8 Å². The number of aliphatic hydroxyl groups is 1. The highest BCUT2D eigenvalue weighted by Crippen LogP contribution is 2.26. The van der Waals surface area contributed by atoms with Crippen molar-refractivity contribution in [2.45, 2.75) is 26.0 Å². The van der Waals surface area contributed by atoms with Gasteiger partial charge in [-0.25, -0.2) is 4.98 Å². The molecule has 0 aliphatic heterocycles. The Balaban J connectivity index is 1.76. The van der Waals surface area contributed by atoms with E-state index in [0.29, 0.717) is 13.0 Å². The molecule has 0 amide bonds. The second-order valence-electron chi connectivity index (χ2n) is 4.62. The van der Waals surface area contributed by atoms with Crippen LogP contribution >= 0.6 is 11.3 Å². The summed E-state index contributed by atoms with van der Waals surface area (Å²) in [4.78, 5) is 5.51. The summed E-state index contributed by atoms with van der Waals surface area (Å²) >= 11 is 1.61. The fourth-order valence-electron chi connectivity index (χ4n) is 1.81. The highest BCUT2D eigenvalue weighted by atomic mass is 32.1. The second kappa shape index (κ2) is 7.54. The summed E-state index contributed by atoms with van der Waals surface area (Å²) in [5, 5.41) is 13.7. The van der Waals surface area contributed by atoms with Crippen molar-refractivity contribution in [2.75, 3.05) is 20.3 Å². The molecule has 1 unspecified atom stereocenters. The Labute approximate surface area is 122 Å². The maximum absolute atomic E-state index is 9.51. The van der Waals surface area contributed by atoms with Crippen molar-refractivity contribution in [1.82, 2.24) is 10.3 Å². The van der Waals surface area contributed by atoms with Gasteiger partial charge in [-0.05, 0) is 32.0 Å². The molecule has 2 heterocycles. The molecule has 6 heteroatoms. The first-order chi connectivity index (χ1) is 9.69. The molecule has 0 radical (unpaired) electrons. The summed E-state index contributed by atoms with van der Waals surface area (Å²) in [6.45, 7) is 3.80. The van der Waals surface area contributed by atoms with Gasteiger partial charge >= 0.3 is 0 Å². The Kier molecular flexibility index (Phi) is 5.72. The SMILES string of the molecule is COCC(O)CCNCc1cnc(-c2ccc(C)o2)s1. The van der Waals surface area contributed by atoms with Gasteiger partial charge in [0.05, 0.1) is 12.7 Å². The van der Waals surface area contributed by atoms with Crippen molar-refractivity contribution in [3.63, 3.8) is 0 Å². The van der Waals surface area contributed by atoms with Gasteiger partial charge in [-0.1, -0.05) is 0 Å². The predicted molar refractivity (Wildman–Crippen MR) is 78.8 cm³/mol. The molecular weight excluding hydrogens is 276 g/mol. The third kappa shape index (κ3) is 4.42. The maximum atomic E-state index is 9.51. The van der Waals surface area contributed by atoms with Crippen LogP contribution in [0.4, 0.5) is 0 Å². The molecule has 110 valence electrons. The Bertz CT molecular complexity index is 524. The van der Waals surface area contributed by atoms with Crippen molar-refractivity contribution in [2.24, 2.45) is 0 Å². The van der Waals surface area contributed by atoms with Gasteiger partial charge < -0.3 is 19.6 Å². The van der Waals surface area contributed by atoms with Gasteiger partial charge in [0.2, 0.25) is 0 Å². The largest absolute Gasteiger partial charge is 0.459 e. The van der Waals surface area contributed by atoms with Gasteiger partial charge in [-0.3, -0.25) is 0 Å². The van der Waals surface area contributed by atoms with Gasteiger partial charge in [-0.2, -0.15) is 0 Å². The minimum Gasteiger partial charge on any atom is -0.459 e. The van der Waals surface area contributed by atoms with E-state index in [-0.39, 0.29) is 0 Å². The number of aryl methyl sites for hydroxylation is 1. The molecule has 0 fully saturated rings. The Morgan fingerprint density at radius 1 is 1.50 bits per heavy atom. The van der Waals surface area contributed by atoms with Crippen molar-refractivity contribution >= 4 is 11.3 Å². The van der Waals surface area contributed by atoms with Crippen molar-refractivity contribution in [3.05, 3.63) is 29.0 Å². The first-order valence-electron chi connectivity index (χ1n) is 6.58. The van der Waals surface area contributed by atoms with Crippen LogP contribution in [0.2, 0.25) is 0 Å². The van der Waals surface area contributed by atoms with Crippen LogP contribution in [0.3, 0.4) is 0 Å². The standard InChI is InChI=1S/C14H20N2O3S/c1-10-3-4-13(19-10)14-16-8-12(20-14)7-15-6-5-11(17)9-18-2/h3-4,8,11,15,17H,5-7,9H2,1-2H3. The minimum atomic E-state index is -0.407. The van der Waals surface area contributed by atoms with E-state index in [1.54, 1.807) is 18.4 Å². The van der Waals surface area contributed by atoms with Crippen LogP contribution < -0.4 is 5.32 Å². The van der Waals surface area contributed by atoms with Gasteiger partial charge in [0, 0.05) is 24.7 Å². The van der Waals surface area contributed by atoms with Gasteiger partial charge in [0.1, 0.15) is 5.76 Å². The summed E-state index contributed by atoms with van der Waals surface area (Å²) in [6, 6.07) is 3.87. The predicted octanol–water partition coefficient (Wildman–Crippen LogP) is 2.20. The van der Waals surface area contributed by atoms with Crippen LogP contribution in [0.15, 0.2) is 22.7 Å². The number of hydrogen-bond acceptors (Lipinski definition) is 6. The Hall–Kier alpha value is -1.21. The van der Waals surface area contributed by atoms with Crippen LogP contribution in [0.1, 0.15) is 17.1 Å². The lowest BCUT2D eigenvalue weighted by Crippen LogP contribution is -2.22. The first-order valence-corrected chi connectivity index (χ1v) is 7.40. The fraction of sp³-hybridized carbons (Fsp3) is 0.500. The molecule has 20 heavy (non-hydrogen) atoms. The summed E-state index contributed by atoms with van der Waals surface area (Å²) < 4.78 is 10.4. The molecule has 1 atom stereocenters. The average Bonchev–Trinajstić information content (AvgIpc) is 3.04. The highest BCUT2D eigenvalue weighted by Gasteiger charge is 2.08. The third-order valence-electron chi connectivity index (χ3n) is 2.82. The molecule has 0 aromatic carbocycles. The number of nitrogens with one attached hydrogen (secondary N) is 1. The number of rotatable bonds is 8. The van der Waals surface area contributed by atoms with Gasteiger partial charge in [0.15, 0.2) is 10.8 Å². The zero-order valence-electron chi connectivity index (χ0n) is 11.8. The maximum Gasteiger partial charge on any atom is 0.162 e. The van der Waals surface area contributed by atoms with Gasteiger partial charge in [0.25, 0.3) is 0 Å². The molecule has 0 saturated carbocycles. The number of thiazole rings is 1. The number of hydrogen-bond donors (Lipinski definition) is 2. The summed E-state index contributed by atoms with van der Waals surface area (Å²) in [5.41, 5.74) is 0. The van der Waals surface area contributed by atoms with Crippen LogP contribution in [0.5, 0.6) is 0 Å². The summed E-state index contributed by atoms with van der Waals surface area (Å²) in [5.74, 6) is 1.70. The molecule has 0 aliphatic rings. The molecule has 2 N–H and O–H groups in total. The molecular formula is C14H20N2O3S. The topological polar surface area (TPSA) is 67.5 Å². The van der Waals surface area contributed by atoms with Crippen LogP contribution in [-0.2, 0) is 11.3 Å². The Morgan fingerprint density at radius 2 is 2.35 bits per heavy atom. The highest BCUT2D eigenvalue weighted by molar-refractivity contribution is 7.14. The molecule has 0 spiro atoms. The van der Waals surface area contributed by atoms with Crippen LogP contribution in [0.25, 0.3) is 10.8 Å². The van der Waals surface area contributed by atoms with Crippen LogP contribution in [0, 0.1) is 6.92 Å². The van der Waals surface area contributed by atoms with Crippen molar-refractivity contribution < 1.29 is 14.3 Å². The second-order valence-corrected chi connectivity index (χ2v) is 5.73. The van der Waals surface area contributed by atoms with E-state index in [2.05, 4.69) is 10.3 Å². The number of ether oxygens (including phenoxy) is 1. The van der Waals surface area contributed by atoms with E-state index >= 15 is 0 Å². The normalized spacial score (nSPS) is 12.8. The monoisotopic (exact) mass is 296 g/mol. The molecule has 2 rings (SSSR count). The summed E-state index contributed by atoms with van der Waals surface area (Å²) in [7, 11) is 1.59. The Morgan fingerprint density at radius 3 is 3.05 bits per heavy atom. The van der Waals surface area contributed by atoms with E-state index in [9.17, 15) is 5.11 Å². The molecule has 5 nitrogen and oxygen atoms in total. The quantitative estimate of drug-likeness (QED) is 0.731. The molecule has 2 aromatic heterocycles. The number of aromatic nitrogens is 1. The summed E-state index contributed by atoms with van der Waals surface area (Å²) in [6.07, 6.45) is 2.13.